The number of nitrogens with one attached hydrogen (secondary N) is 1. The van der Waals surface area contributed by atoms with Crippen molar-refractivity contribution >= 4 is 5.91 Å². The van der Waals surface area contributed by atoms with E-state index in [1.54, 1.807) is 14.0 Å². The first-order chi connectivity index (χ1) is 13.6. The first-order valence-corrected chi connectivity index (χ1v) is 9.76. The molecule has 8 nitrogen and oxygen atoms in total. The van der Waals surface area contributed by atoms with E-state index in [1.165, 1.54) is 0 Å². The molecule has 0 saturated carbocycles. The molecule has 1 amide bonds. The minimum absolute atomic E-state index is 0.0473. The predicted molar refractivity (Wildman–Crippen MR) is 105 cm³/mol. The van der Waals surface area contributed by atoms with E-state index in [1.807, 2.05) is 18.2 Å². The molecule has 2 aromatic rings. The standard InChI is InChI=1S/C20H29N5O3/c1-4-24-9-11-25(12-10-24)17(16-7-5-6-8-18(16)27-3)14-21-20(26)13-19-22-15(2)28-23-19/h5-8,17H,4,9-14H2,1-3H3,(H,21,26). The molecule has 1 atom stereocenters. The number of carbonyl (C=O) groups is 1. The van der Waals surface area contributed by atoms with Crippen LogP contribution in [0, 0.1) is 6.92 Å². The van der Waals surface area contributed by atoms with Crippen LogP contribution in [0.3, 0.4) is 0 Å². The lowest BCUT2D eigenvalue weighted by Gasteiger charge is -2.39. The summed E-state index contributed by atoms with van der Waals surface area (Å²) in [4.78, 5) is 21.4. The summed E-state index contributed by atoms with van der Waals surface area (Å²) in [7, 11) is 1.68. The molecule has 1 N–H and O–H groups in total. The molecule has 2 heterocycles. The van der Waals surface area contributed by atoms with Crippen molar-refractivity contribution in [3.05, 3.63) is 41.5 Å². The number of benzene rings is 1. The number of hydrogen-bond donors (Lipinski definition) is 1. The molecule has 0 bridgehead atoms. The van der Waals surface area contributed by atoms with E-state index in [-0.39, 0.29) is 18.4 Å². The van der Waals surface area contributed by atoms with E-state index in [2.05, 4.69) is 38.2 Å². The van der Waals surface area contributed by atoms with Crippen LogP contribution in [0.15, 0.2) is 28.8 Å². The molecule has 1 saturated heterocycles. The van der Waals surface area contributed by atoms with E-state index in [0.29, 0.717) is 18.3 Å². The van der Waals surface area contributed by atoms with Gasteiger partial charge in [0.05, 0.1) is 19.6 Å². The van der Waals surface area contributed by atoms with Crippen molar-refractivity contribution in [1.82, 2.24) is 25.3 Å². The second-order valence-electron chi connectivity index (χ2n) is 6.94. The van der Waals surface area contributed by atoms with Gasteiger partial charge in [0.2, 0.25) is 11.8 Å². The maximum atomic E-state index is 12.4. The van der Waals surface area contributed by atoms with Crippen molar-refractivity contribution in [2.75, 3.05) is 46.4 Å². The number of ether oxygens (including phenoxy) is 1. The lowest BCUT2D eigenvalue weighted by Crippen LogP contribution is -2.49. The Labute approximate surface area is 165 Å². The van der Waals surface area contributed by atoms with Gasteiger partial charge in [0.25, 0.3) is 0 Å². The summed E-state index contributed by atoms with van der Waals surface area (Å²) in [6.07, 6.45) is 0.111. The second-order valence-corrected chi connectivity index (χ2v) is 6.94. The average molecular weight is 387 g/mol. The lowest BCUT2D eigenvalue weighted by atomic mass is 10.0. The Bertz CT molecular complexity index is 771. The summed E-state index contributed by atoms with van der Waals surface area (Å²) in [6.45, 7) is 9.43. The third-order valence-corrected chi connectivity index (χ3v) is 5.17. The molecule has 152 valence electrons. The molecular weight excluding hydrogens is 358 g/mol. The number of methoxy groups -OCH3 is 1. The highest BCUT2D eigenvalue weighted by Gasteiger charge is 2.27. The number of amides is 1. The first kappa shape index (κ1) is 20.3. The minimum Gasteiger partial charge on any atom is -0.496 e. The second kappa shape index (κ2) is 9.66. The quantitative estimate of drug-likeness (QED) is 0.733. The monoisotopic (exact) mass is 387 g/mol. The predicted octanol–water partition coefficient (Wildman–Crippen LogP) is 1.42. The normalized spacial score (nSPS) is 16.7. The molecule has 0 radical (unpaired) electrons. The molecule has 1 fully saturated rings. The lowest BCUT2D eigenvalue weighted by molar-refractivity contribution is -0.120. The van der Waals surface area contributed by atoms with Crippen LogP contribution in [0.5, 0.6) is 5.75 Å². The molecule has 0 spiro atoms. The van der Waals surface area contributed by atoms with Gasteiger partial charge in [0.15, 0.2) is 5.82 Å². The molecule has 3 rings (SSSR count). The largest absolute Gasteiger partial charge is 0.496 e. The van der Waals surface area contributed by atoms with Gasteiger partial charge in [-0.1, -0.05) is 30.3 Å². The Morgan fingerprint density at radius 3 is 2.68 bits per heavy atom. The zero-order valence-electron chi connectivity index (χ0n) is 16.9. The third kappa shape index (κ3) is 5.08. The maximum absolute atomic E-state index is 12.4. The summed E-state index contributed by atoms with van der Waals surface area (Å²) in [6, 6.07) is 8.06. The van der Waals surface area contributed by atoms with Crippen LogP contribution in [0.4, 0.5) is 0 Å². The van der Waals surface area contributed by atoms with Gasteiger partial charge < -0.3 is 19.5 Å². The van der Waals surface area contributed by atoms with Crippen LogP contribution >= 0.6 is 0 Å². The summed E-state index contributed by atoms with van der Waals surface area (Å²) >= 11 is 0. The third-order valence-electron chi connectivity index (χ3n) is 5.17. The minimum atomic E-state index is -0.118. The highest BCUT2D eigenvalue weighted by molar-refractivity contribution is 5.77. The molecule has 1 aliphatic heterocycles. The molecule has 0 aliphatic carbocycles. The van der Waals surface area contributed by atoms with Crippen LogP contribution in [-0.2, 0) is 11.2 Å². The zero-order valence-corrected chi connectivity index (χ0v) is 16.9. The summed E-state index contributed by atoms with van der Waals surface area (Å²) in [5.41, 5.74) is 1.09. The van der Waals surface area contributed by atoms with Gasteiger partial charge in [0, 0.05) is 45.2 Å². The zero-order chi connectivity index (χ0) is 19.9. The van der Waals surface area contributed by atoms with Crippen molar-refractivity contribution in [2.24, 2.45) is 0 Å². The van der Waals surface area contributed by atoms with Crippen LogP contribution < -0.4 is 10.1 Å². The SMILES string of the molecule is CCN1CCN(C(CNC(=O)Cc2noc(C)n2)c2ccccc2OC)CC1. The maximum Gasteiger partial charge on any atom is 0.227 e. The Morgan fingerprint density at radius 2 is 2.04 bits per heavy atom. The summed E-state index contributed by atoms with van der Waals surface area (Å²) < 4.78 is 10.5. The van der Waals surface area contributed by atoms with Gasteiger partial charge in [-0.15, -0.1) is 0 Å². The number of aromatic nitrogens is 2. The summed E-state index contributed by atoms with van der Waals surface area (Å²) in [5, 5.41) is 6.83. The fourth-order valence-corrected chi connectivity index (χ4v) is 3.60. The molecular formula is C20H29N5O3. The first-order valence-electron chi connectivity index (χ1n) is 9.76. The molecule has 28 heavy (non-hydrogen) atoms. The number of piperazine rings is 1. The number of carbonyl (C=O) groups excluding carboxylic acids is 1. The molecule has 1 unspecified atom stereocenters. The fourth-order valence-electron chi connectivity index (χ4n) is 3.60. The van der Waals surface area contributed by atoms with Crippen molar-refractivity contribution < 1.29 is 14.1 Å². The molecule has 1 aromatic carbocycles. The highest BCUT2D eigenvalue weighted by atomic mass is 16.5. The van der Waals surface area contributed by atoms with E-state index in [4.69, 9.17) is 9.26 Å². The smallest absolute Gasteiger partial charge is 0.227 e. The van der Waals surface area contributed by atoms with Gasteiger partial charge in [-0.25, -0.2) is 0 Å². The van der Waals surface area contributed by atoms with Gasteiger partial charge in [-0.3, -0.25) is 9.69 Å². The molecule has 1 aromatic heterocycles. The average Bonchev–Trinajstić information content (AvgIpc) is 3.13. The van der Waals surface area contributed by atoms with Crippen molar-refractivity contribution in [3.63, 3.8) is 0 Å². The Kier molecular flexibility index (Phi) is 7.00. The van der Waals surface area contributed by atoms with Crippen molar-refractivity contribution in [3.8, 4) is 5.75 Å². The topological polar surface area (TPSA) is 83.7 Å². The van der Waals surface area contributed by atoms with E-state index < -0.39 is 0 Å². The number of likely N-dealkylation sites (N-methyl/N-ethyl adjacent to an activating group) is 1. The van der Waals surface area contributed by atoms with Gasteiger partial charge in [-0.2, -0.15) is 4.98 Å². The number of para-hydroxylation sites is 1. The molecule has 8 heteroatoms. The van der Waals surface area contributed by atoms with Crippen LogP contribution in [0.2, 0.25) is 0 Å². The van der Waals surface area contributed by atoms with Gasteiger partial charge in [-0.05, 0) is 12.6 Å². The number of rotatable bonds is 8. The van der Waals surface area contributed by atoms with E-state index in [9.17, 15) is 4.79 Å². The Hall–Kier alpha value is -2.45. The van der Waals surface area contributed by atoms with Crippen LogP contribution in [0.25, 0.3) is 0 Å². The Balaban J connectivity index is 1.70. The fraction of sp³-hybridized carbons (Fsp3) is 0.550. The Morgan fingerprint density at radius 1 is 1.29 bits per heavy atom. The van der Waals surface area contributed by atoms with Gasteiger partial charge >= 0.3 is 0 Å². The van der Waals surface area contributed by atoms with E-state index >= 15 is 0 Å². The molecule has 1 aliphatic rings. The van der Waals surface area contributed by atoms with Crippen LogP contribution in [0.1, 0.15) is 30.2 Å². The number of aryl methyl sites for hydroxylation is 1. The number of nitrogens with zero attached hydrogens (tertiary/aromatic N) is 4. The van der Waals surface area contributed by atoms with Crippen LogP contribution in [-0.4, -0.2) is 72.2 Å². The summed E-state index contributed by atoms with van der Waals surface area (Å²) in [5.74, 6) is 1.59. The van der Waals surface area contributed by atoms with Crippen molar-refractivity contribution in [2.45, 2.75) is 26.3 Å². The number of hydrogen-bond acceptors (Lipinski definition) is 7. The van der Waals surface area contributed by atoms with Gasteiger partial charge in [0.1, 0.15) is 5.75 Å². The highest BCUT2D eigenvalue weighted by Crippen LogP contribution is 2.29. The van der Waals surface area contributed by atoms with Crippen molar-refractivity contribution in [1.29, 1.82) is 0 Å². The van der Waals surface area contributed by atoms with E-state index in [0.717, 1.165) is 44.0 Å².